The molecule has 5 rings (SSSR count). The number of hydrogen-bond acceptors (Lipinski definition) is 4. The molecule has 4 nitrogen and oxygen atoms in total. The average molecular weight is 383 g/mol. The number of hydrogen-bond donors (Lipinski definition) is 1. The van der Waals surface area contributed by atoms with Crippen LogP contribution in [0.1, 0.15) is 49.3 Å². The quantitative estimate of drug-likeness (QED) is 0.763. The highest BCUT2D eigenvalue weighted by Gasteiger charge is 2.50. The van der Waals surface area contributed by atoms with Gasteiger partial charge < -0.3 is 14.9 Å². The van der Waals surface area contributed by atoms with Gasteiger partial charge in [-0.15, -0.1) is 0 Å². The number of benzene rings is 2. The molecule has 5 heteroatoms. The van der Waals surface area contributed by atoms with Crippen molar-refractivity contribution in [2.45, 2.75) is 43.9 Å². The molecule has 0 saturated heterocycles. The number of nitrogens with one attached hydrogen (secondary N) is 1. The Morgan fingerprint density at radius 2 is 1.89 bits per heavy atom. The lowest BCUT2D eigenvalue weighted by Gasteiger charge is -2.50. The summed E-state index contributed by atoms with van der Waals surface area (Å²) in [4.78, 5) is 0. The number of rotatable bonds is 2. The third-order valence-electron chi connectivity index (χ3n) is 5.91. The number of ether oxygens (including phenoxy) is 2. The SMILES string of the molecule is COc1ccc(C2=CC3c4cc(Cl)ccc4OC4(CCCCC4)N3N2)cc1. The van der Waals surface area contributed by atoms with Gasteiger partial charge in [-0.05, 0) is 66.9 Å². The Morgan fingerprint density at radius 1 is 1.11 bits per heavy atom. The monoisotopic (exact) mass is 382 g/mol. The van der Waals surface area contributed by atoms with Crippen LogP contribution >= 0.6 is 11.6 Å². The van der Waals surface area contributed by atoms with Crippen LogP contribution in [0.3, 0.4) is 0 Å². The van der Waals surface area contributed by atoms with Gasteiger partial charge in [0.1, 0.15) is 11.5 Å². The van der Waals surface area contributed by atoms with Gasteiger partial charge in [-0.25, -0.2) is 0 Å². The van der Waals surface area contributed by atoms with Gasteiger partial charge in [-0.2, -0.15) is 5.01 Å². The van der Waals surface area contributed by atoms with Crippen molar-refractivity contribution in [2.75, 3.05) is 7.11 Å². The zero-order valence-corrected chi connectivity index (χ0v) is 16.1. The van der Waals surface area contributed by atoms with Crippen LogP contribution in [0, 0.1) is 0 Å². The van der Waals surface area contributed by atoms with Crippen LogP contribution in [0.15, 0.2) is 48.5 Å². The van der Waals surface area contributed by atoms with E-state index in [0.29, 0.717) is 0 Å². The molecule has 0 radical (unpaired) electrons. The summed E-state index contributed by atoms with van der Waals surface area (Å²) in [6.07, 6.45) is 7.99. The lowest BCUT2D eigenvalue weighted by atomic mass is 9.87. The summed E-state index contributed by atoms with van der Waals surface area (Å²) >= 11 is 6.30. The van der Waals surface area contributed by atoms with Gasteiger partial charge in [0.05, 0.1) is 18.8 Å². The molecule has 2 aromatic rings. The van der Waals surface area contributed by atoms with Crippen molar-refractivity contribution < 1.29 is 9.47 Å². The summed E-state index contributed by atoms with van der Waals surface area (Å²) in [6, 6.07) is 14.2. The van der Waals surface area contributed by atoms with Gasteiger partial charge in [0.15, 0.2) is 5.72 Å². The van der Waals surface area contributed by atoms with Gasteiger partial charge >= 0.3 is 0 Å². The van der Waals surface area contributed by atoms with Gasteiger partial charge in [0.2, 0.25) is 0 Å². The van der Waals surface area contributed by atoms with Crippen molar-refractivity contribution in [1.82, 2.24) is 10.4 Å². The largest absolute Gasteiger partial charge is 0.497 e. The molecule has 1 saturated carbocycles. The topological polar surface area (TPSA) is 33.7 Å². The molecule has 1 atom stereocenters. The summed E-state index contributed by atoms with van der Waals surface area (Å²) < 4.78 is 11.9. The molecule has 2 aliphatic heterocycles. The van der Waals surface area contributed by atoms with E-state index in [1.54, 1.807) is 7.11 Å². The van der Waals surface area contributed by atoms with Gasteiger partial charge in [-0.1, -0.05) is 18.0 Å². The summed E-state index contributed by atoms with van der Waals surface area (Å²) in [6.45, 7) is 0. The van der Waals surface area contributed by atoms with Crippen LogP contribution in [0.5, 0.6) is 11.5 Å². The van der Waals surface area contributed by atoms with E-state index >= 15 is 0 Å². The molecule has 1 unspecified atom stereocenters. The molecule has 1 N–H and O–H groups in total. The van der Waals surface area contributed by atoms with E-state index in [1.165, 1.54) is 19.3 Å². The van der Waals surface area contributed by atoms with Crippen molar-refractivity contribution in [2.24, 2.45) is 0 Å². The van der Waals surface area contributed by atoms with Crippen molar-refractivity contribution in [3.63, 3.8) is 0 Å². The Labute approximate surface area is 164 Å². The minimum atomic E-state index is -0.297. The second kappa shape index (κ2) is 6.47. The first-order valence-electron chi connectivity index (χ1n) is 9.59. The van der Waals surface area contributed by atoms with Crippen LogP contribution in [0.25, 0.3) is 5.70 Å². The second-order valence-corrected chi connectivity index (χ2v) is 7.96. The van der Waals surface area contributed by atoms with E-state index < -0.39 is 0 Å². The maximum Gasteiger partial charge on any atom is 0.180 e. The smallest absolute Gasteiger partial charge is 0.180 e. The fraction of sp³-hybridized carbons (Fsp3) is 0.364. The Hall–Kier alpha value is -2.17. The van der Waals surface area contributed by atoms with Crippen LogP contribution in [-0.2, 0) is 0 Å². The van der Waals surface area contributed by atoms with Crippen molar-refractivity contribution in [3.8, 4) is 11.5 Å². The van der Waals surface area contributed by atoms with Gasteiger partial charge in [-0.3, -0.25) is 0 Å². The van der Waals surface area contributed by atoms with E-state index in [9.17, 15) is 0 Å². The highest BCUT2D eigenvalue weighted by Crippen LogP contribution is 2.50. The standard InChI is InChI=1S/C22H23ClN2O2/c1-26-17-8-5-15(6-9-17)19-14-20-18-13-16(23)7-10-21(18)27-22(25(20)24-19)11-3-2-4-12-22/h5-10,13-14,20,24H,2-4,11-12H2,1H3. The highest BCUT2D eigenvalue weighted by molar-refractivity contribution is 6.30. The van der Waals surface area contributed by atoms with Crippen LogP contribution in [-0.4, -0.2) is 17.8 Å². The first kappa shape index (κ1) is 17.0. The summed E-state index contributed by atoms with van der Waals surface area (Å²) in [5, 5.41) is 3.05. The third-order valence-corrected chi connectivity index (χ3v) is 6.14. The van der Waals surface area contributed by atoms with E-state index in [2.05, 4.69) is 28.6 Å². The Balaban J connectivity index is 1.57. The molecular formula is C22H23ClN2O2. The third kappa shape index (κ3) is 2.79. The fourth-order valence-electron chi connectivity index (χ4n) is 4.53. The lowest BCUT2D eigenvalue weighted by molar-refractivity contribution is -0.150. The van der Waals surface area contributed by atoms with Crippen molar-refractivity contribution in [1.29, 1.82) is 0 Å². The van der Waals surface area contributed by atoms with Crippen LogP contribution in [0.4, 0.5) is 0 Å². The summed E-state index contributed by atoms with van der Waals surface area (Å²) in [5.74, 6) is 1.82. The van der Waals surface area contributed by atoms with E-state index in [4.69, 9.17) is 21.1 Å². The minimum absolute atomic E-state index is 0.114. The zero-order valence-electron chi connectivity index (χ0n) is 15.4. The first-order valence-corrected chi connectivity index (χ1v) is 9.97. The van der Waals surface area contributed by atoms with Crippen molar-refractivity contribution >= 4 is 17.3 Å². The second-order valence-electron chi connectivity index (χ2n) is 7.53. The average Bonchev–Trinajstić information content (AvgIpc) is 3.16. The number of nitrogens with zero attached hydrogens (tertiary/aromatic N) is 1. The van der Waals surface area contributed by atoms with E-state index in [0.717, 1.165) is 46.2 Å². The minimum Gasteiger partial charge on any atom is -0.497 e. The van der Waals surface area contributed by atoms with Crippen molar-refractivity contribution in [3.05, 3.63) is 64.7 Å². The maximum absolute atomic E-state index is 6.60. The number of fused-ring (bicyclic) bond motifs is 4. The molecule has 2 aromatic carbocycles. The maximum atomic E-state index is 6.60. The lowest BCUT2D eigenvalue weighted by Crippen LogP contribution is -2.60. The predicted molar refractivity (Wildman–Crippen MR) is 107 cm³/mol. The molecule has 3 aliphatic rings. The molecule has 1 aliphatic carbocycles. The molecule has 27 heavy (non-hydrogen) atoms. The van der Waals surface area contributed by atoms with Crippen LogP contribution < -0.4 is 14.9 Å². The molecule has 1 fully saturated rings. The highest BCUT2D eigenvalue weighted by atomic mass is 35.5. The zero-order chi connectivity index (χ0) is 18.4. The summed E-state index contributed by atoms with van der Waals surface area (Å²) in [5.41, 5.74) is 6.72. The molecular weight excluding hydrogens is 360 g/mol. The predicted octanol–water partition coefficient (Wildman–Crippen LogP) is 5.30. The molecule has 0 bridgehead atoms. The van der Waals surface area contributed by atoms with E-state index in [-0.39, 0.29) is 11.8 Å². The Morgan fingerprint density at radius 3 is 2.63 bits per heavy atom. The molecule has 0 amide bonds. The number of hydrazine groups is 1. The molecule has 1 spiro atoms. The fourth-order valence-corrected chi connectivity index (χ4v) is 4.71. The Kier molecular flexibility index (Phi) is 4.06. The number of halogens is 1. The van der Waals surface area contributed by atoms with E-state index in [1.807, 2.05) is 30.3 Å². The summed E-state index contributed by atoms with van der Waals surface area (Å²) in [7, 11) is 1.69. The molecule has 2 heterocycles. The Bertz CT molecular complexity index is 888. The van der Waals surface area contributed by atoms with Crippen LogP contribution in [0.2, 0.25) is 5.02 Å². The first-order chi connectivity index (χ1) is 13.2. The molecule has 140 valence electrons. The van der Waals surface area contributed by atoms with Gasteiger partial charge in [0.25, 0.3) is 0 Å². The number of methoxy groups -OCH3 is 1. The normalized spacial score (nSPS) is 23.0. The molecule has 0 aromatic heterocycles. The van der Waals surface area contributed by atoms with Gasteiger partial charge in [0, 0.05) is 23.4 Å².